The molecule has 0 atom stereocenters. The van der Waals surface area contributed by atoms with E-state index in [-0.39, 0.29) is 11.6 Å². The monoisotopic (exact) mass is 241 g/mol. The lowest BCUT2D eigenvalue weighted by Crippen LogP contribution is -2.54. The molecular weight excluding hydrogens is 218 g/mol. The Labute approximate surface area is 103 Å². The predicted octanol–water partition coefficient (Wildman–Crippen LogP) is 2.80. The molecule has 4 nitrogen and oxygen atoms in total. The molecular formula is C13H23NO3. The molecule has 4 heteroatoms. The van der Waals surface area contributed by atoms with Crippen molar-refractivity contribution in [2.75, 3.05) is 0 Å². The van der Waals surface area contributed by atoms with Crippen LogP contribution in [0, 0.1) is 0 Å². The van der Waals surface area contributed by atoms with E-state index in [0.717, 1.165) is 38.4 Å². The summed E-state index contributed by atoms with van der Waals surface area (Å²) in [5.74, 6) is 0. The summed E-state index contributed by atoms with van der Waals surface area (Å²) < 4.78 is 5.26. The molecule has 0 bridgehead atoms. The maximum absolute atomic E-state index is 11.7. The average molecular weight is 241 g/mol. The summed E-state index contributed by atoms with van der Waals surface area (Å²) in [7, 11) is 0. The number of carbonyl (C=O) groups is 2. The van der Waals surface area contributed by atoms with Crippen molar-refractivity contribution < 1.29 is 14.3 Å². The molecule has 0 aromatic rings. The fourth-order valence-electron chi connectivity index (χ4n) is 2.08. The first kappa shape index (κ1) is 14.0. The van der Waals surface area contributed by atoms with Gasteiger partial charge >= 0.3 is 6.09 Å². The molecule has 0 radical (unpaired) electrons. The van der Waals surface area contributed by atoms with Gasteiger partial charge in [0.1, 0.15) is 11.9 Å². The van der Waals surface area contributed by atoms with Crippen LogP contribution < -0.4 is 5.32 Å². The van der Waals surface area contributed by atoms with Gasteiger partial charge in [-0.15, -0.1) is 0 Å². The number of rotatable bonds is 5. The van der Waals surface area contributed by atoms with E-state index in [9.17, 15) is 9.59 Å². The quantitative estimate of drug-likeness (QED) is 0.595. The standard InChI is InChI=1S/C13H23NO3/c1-12(2,3)17-11(16)14-13(8-6-9-13)7-4-5-10-15/h10H,4-9H2,1-3H3,(H,14,16). The SMILES string of the molecule is CC(C)(C)OC(=O)NC1(CCCC=O)CCC1. The van der Waals surface area contributed by atoms with Crippen LogP contribution in [0.15, 0.2) is 0 Å². The number of alkyl carbamates (subject to hydrolysis) is 1. The summed E-state index contributed by atoms with van der Waals surface area (Å²) >= 11 is 0. The Morgan fingerprint density at radius 3 is 2.47 bits per heavy atom. The number of hydrogen-bond acceptors (Lipinski definition) is 3. The Balaban J connectivity index is 2.40. The summed E-state index contributed by atoms with van der Waals surface area (Å²) in [4.78, 5) is 22.0. The van der Waals surface area contributed by atoms with Crippen LogP contribution in [0.3, 0.4) is 0 Å². The third kappa shape index (κ3) is 4.75. The third-order valence-corrected chi connectivity index (χ3v) is 3.05. The van der Waals surface area contributed by atoms with Crippen molar-refractivity contribution in [1.29, 1.82) is 0 Å². The number of carbonyl (C=O) groups excluding carboxylic acids is 2. The van der Waals surface area contributed by atoms with E-state index in [4.69, 9.17) is 4.74 Å². The fourth-order valence-corrected chi connectivity index (χ4v) is 2.08. The highest BCUT2D eigenvalue weighted by atomic mass is 16.6. The zero-order chi connectivity index (χ0) is 12.9. The normalized spacial score (nSPS) is 18.1. The van der Waals surface area contributed by atoms with Crippen molar-refractivity contribution in [1.82, 2.24) is 5.32 Å². The minimum Gasteiger partial charge on any atom is -0.444 e. The van der Waals surface area contributed by atoms with E-state index >= 15 is 0 Å². The van der Waals surface area contributed by atoms with Crippen molar-refractivity contribution in [2.24, 2.45) is 0 Å². The van der Waals surface area contributed by atoms with Crippen molar-refractivity contribution in [3.63, 3.8) is 0 Å². The van der Waals surface area contributed by atoms with E-state index < -0.39 is 5.60 Å². The minimum absolute atomic E-state index is 0.120. The first-order valence-electron chi connectivity index (χ1n) is 6.32. The molecule has 1 aliphatic rings. The molecule has 0 unspecified atom stereocenters. The van der Waals surface area contributed by atoms with Crippen molar-refractivity contribution in [3.05, 3.63) is 0 Å². The van der Waals surface area contributed by atoms with Crippen LogP contribution in [-0.4, -0.2) is 23.5 Å². The second kappa shape index (κ2) is 5.52. The first-order valence-corrected chi connectivity index (χ1v) is 6.32. The number of amides is 1. The van der Waals surface area contributed by atoms with Gasteiger partial charge in [-0.25, -0.2) is 4.79 Å². The molecule has 98 valence electrons. The molecule has 17 heavy (non-hydrogen) atoms. The highest BCUT2D eigenvalue weighted by Crippen LogP contribution is 2.36. The zero-order valence-corrected chi connectivity index (χ0v) is 11.0. The van der Waals surface area contributed by atoms with E-state index in [1.807, 2.05) is 20.8 Å². The van der Waals surface area contributed by atoms with Crippen LogP contribution in [0.1, 0.15) is 59.3 Å². The lowest BCUT2D eigenvalue weighted by atomic mass is 9.73. The Morgan fingerprint density at radius 1 is 1.41 bits per heavy atom. The van der Waals surface area contributed by atoms with Gasteiger partial charge in [0.15, 0.2) is 0 Å². The second-order valence-corrected chi connectivity index (χ2v) is 5.82. The molecule has 0 spiro atoms. The molecule has 1 amide bonds. The summed E-state index contributed by atoms with van der Waals surface area (Å²) in [6, 6.07) is 0. The number of nitrogens with one attached hydrogen (secondary N) is 1. The summed E-state index contributed by atoms with van der Waals surface area (Å²) in [5, 5.41) is 2.97. The Hall–Kier alpha value is -1.06. The molecule has 0 saturated heterocycles. The zero-order valence-electron chi connectivity index (χ0n) is 11.0. The first-order chi connectivity index (χ1) is 7.87. The lowest BCUT2D eigenvalue weighted by Gasteiger charge is -2.42. The molecule has 1 N–H and O–H groups in total. The van der Waals surface area contributed by atoms with Crippen LogP contribution in [0.2, 0.25) is 0 Å². The highest BCUT2D eigenvalue weighted by Gasteiger charge is 2.38. The van der Waals surface area contributed by atoms with Gasteiger partial charge in [0.05, 0.1) is 0 Å². The molecule has 1 fully saturated rings. The molecule has 0 aromatic heterocycles. The molecule has 0 heterocycles. The maximum atomic E-state index is 11.7. The van der Waals surface area contributed by atoms with Crippen LogP contribution in [0.25, 0.3) is 0 Å². The minimum atomic E-state index is -0.460. The van der Waals surface area contributed by atoms with E-state index in [1.54, 1.807) is 0 Å². The average Bonchev–Trinajstić information content (AvgIpc) is 2.11. The van der Waals surface area contributed by atoms with Gasteiger partial charge in [-0.3, -0.25) is 0 Å². The van der Waals surface area contributed by atoms with Crippen molar-refractivity contribution in [3.8, 4) is 0 Å². The number of unbranched alkanes of at least 4 members (excludes halogenated alkanes) is 1. The Kier molecular flexibility index (Phi) is 4.54. The van der Waals surface area contributed by atoms with Crippen molar-refractivity contribution >= 4 is 12.4 Å². The highest BCUT2D eigenvalue weighted by molar-refractivity contribution is 5.69. The molecule has 1 aliphatic carbocycles. The number of ether oxygens (including phenoxy) is 1. The summed E-state index contributed by atoms with van der Waals surface area (Å²) in [6.07, 6.45) is 5.97. The molecule has 0 aromatic carbocycles. The van der Waals surface area contributed by atoms with Gasteiger partial charge in [0, 0.05) is 12.0 Å². The Bertz CT molecular complexity index is 277. The van der Waals surface area contributed by atoms with E-state index in [2.05, 4.69) is 5.32 Å². The molecule has 1 saturated carbocycles. The van der Waals surface area contributed by atoms with Gasteiger partial charge in [-0.05, 0) is 52.9 Å². The summed E-state index contributed by atoms with van der Waals surface area (Å²) in [5.41, 5.74) is -0.580. The maximum Gasteiger partial charge on any atom is 0.408 e. The van der Waals surface area contributed by atoms with Crippen LogP contribution in [0.5, 0.6) is 0 Å². The number of aldehydes is 1. The lowest BCUT2D eigenvalue weighted by molar-refractivity contribution is -0.108. The molecule has 0 aliphatic heterocycles. The van der Waals surface area contributed by atoms with Crippen LogP contribution in [0.4, 0.5) is 4.79 Å². The molecule has 1 rings (SSSR count). The van der Waals surface area contributed by atoms with Gasteiger partial charge in [0.2, 0.25) is 0 Å². The van der Waals surface area contributed by atoms with Gasteiger partial charge in [-0.2, -0.15) is 0 Å². The fraction of sp³-hybridized carbons (Fsp3) is 0.846. The van der Waals surface area contributed by atoms with Gasteiger partial charge in [-0.1, -0.05) is 0 Å². The Morgan fingerprint density at radius 2 is 2.06 bits per heavy atom. The topological polar surface area (TPSA) is 55.4 Å². The van der Waals surface area contributed by atoms with E-state index in [1.165, 1.54) is 0 Å². The summed E-state index contributed by atoms with van der Waals surface area (Å²) in [6.45, 7) is 5.56. The number of hydrogen-bond donors (Lipinski definition) is 1. The van der Waals surface area contributed by atoms with Crippen LogP contribution >= 0.6 is 0 Å². The van der Waals surface area contributed by atoms with E-state index in [0.29, 0.717) is 6.42 Å². The predicted molar refractivity (Wildman–Crippen MR) is 65.9 cm³/mol. The third-order valence-electron chi connectivity index (χ3n) is 3.05. The second-order valence-electron chi connectivity index (χ2n) is 5.82. The van der Waals surface area contributed by atoms with Gasteiger partial charge < -0.3 is 14.8 Å². The largest absolute Gasteiger partial charge is 0.444 e. The van der Waals surface area contributed by atoms with Crippen LogP contribution in [-0.2, 0) is 9.53 Å². The van der Waals surface area contributed by atoms with Gasteiger partial charge in [0.25, 0.3) is 0 Å². The van der Waals surface area contributed by atoms with Crippen molar-refractivity contribution in [2.45, 2.75) is 70.4 Å². The smallest absolute Gasteiger partial charge is 0.408 e.